The van der Waals surface area contributed by atoms with Crippen molar-refractivity contribution in [1.82, 2.24) is 5.32 Å². The molecule has 144 valence electrons. The van der Waals surface area contributed by atoms with Gasteiger partial charge in [0.05, 0.1) is 12.2 Å². The van der Waals surface area contributed by atoms with E-state index in [0.29, 0.717) is 54.1 Å². The Hall–Kier alpha value is -2.46. The summed E-state index contributed by atoms with van der Waals surface area (Å²) in [5, 5.41) is 3.38. The minimum absolute atomic E-state index is 0.0344. The van der Waals surface area contributed by atoms with Crippen molar-refractivity contribution in [3.8, 4) is 5.75 Å². The Morgan fingerprint density at radius 2 is 1.82 bits per heavy atom. The second-order valence-corrected chi connectivity index (χ2v) is 8.27. The Kier molecular flexibility index (Phi) is 4.31. The number of nitrogens with one attached hydrogen (secondary N) is 1. The molecular formula is C24H25NO3. The first-order valence-corrected chi connectivity index (χ1v) is 10.3. The van der Waals surface area contributed by atoms with Crippen molar-refractivity contribution in [2.45, 2.75) is 25.7 Å². The van der Waals surface area contributed by atoms with E-state index in [2.05, 4.69) is 17.4 Å². The summed E-state index contributed by atoms with van der Waals surface area (Å²) in [5.74, 6) is 2.76. The summed E-state index contributed by atoms with van der Waals surface area (Å²) in [6, 6.07) is 13.9. The molecule has 2 heterocycles. The number of carbonyl (C=O) groups excluding carboxylic acids is 2. The number of carbonyl (C=O) groups is 2. The van der Waals surface area contributed by atoms with Gasteiger partial charge in [-0.05, 0) is 48.5 Å². The minimum Gasteiger partial charge on any atom is -0.492 e. The van der Waals surface area contributed by atoms with E-state index in [1.54, 1.807) is 6.07 Å². The third-order valence-corrected chi connectivity index (χ3v) is 6.72. The quantitative estimate of drug-likeness (QED) is 0.780. The molecule has 2 fully saturated rings. The minimum atomic E-state index is 0.0344. The van der Waals surface area contributed by atoms with Gasteiger partial charge in [-0.2, -0.15) is 0 Å². The van der Waals surface area contributed by atoms with Crippen LogP contribution in [0, 0.1) is 17.8 Å². The van der Waals surface area contributed by atoms with Crippen LogP contribution in [0.3, 0.4) is 0 Å². The van der Waals surface area contributed by atoms with Gasteiger partial charge in [0.25, 0.3) is 0 Å². The zero-order valence-corrected chi connectivity index (χ0v) is 16.1. The van der Waals surface area contributed by atoms with Gasteiger partial charge in [0.15, 0.2) is 11.6 Å². The molecule has 4 nitrogen and oxygen atoms in total. The Balaban J connectivity index is 1.50. The molecule has 1 saturated carbocycles. The van der Waals surface area contributed by atoms with Crippen LogP contribution >= 0.6 is 0 Å². The highest BCUT2D eigenvalue weighted by Crippen LogP contribution is 2.51. The second-order valence-electron chi connectivity index (χ2n) is 8.27. The van der Waals surface area contributed by atoms with E-state index < -0.39 is 0 Å². The van der Waals surface area contributed by atoms with Crippen LogP contribution in [-0.4, -0.2) is 31.3 Å². The lowest BCUT2D eigenvalue weighted by Gasteiger charge is -2.13. The van der Waals surface area contributed by atoms with E-state index in [4.69, 9.17) is 4.74 Å². The van der Waals surface area contributed by atoms with Crippen LogP contribution in [0.25, 0.3) is 0 Å². The predicted molar refractivity (Wildman–Crippen MR) is 107 cm³/mol. The van der Waals surface area contributed by atoms with Crippen molar-refractivity contribution in [3.05, 3.63) is 64.7 Å². The molecule has 5 rings (SSSR count). The zero-order valence-electron chi connectivity index (χ0n) is 16.1. The van der Waals surface area contributed by atoms with Crippen molar-refractivity contribution >= 4 is 11.6 Å². The summed E-state index contributed by atoms with van der Waals surface area (Å²) in [4.78, 5) is 25.6. The van der Waals surface area contributed by atoms with E-state index in [1.165, 1.54) is 0 Å². The molecule has 1 N–H and O–H groups in total. The van der Waals surface area contributed by atoms with Crippen LogP contribution in [0.15, 0.2) is 42.5 Å². The monoisotopic (exact) mass is 375 g/mol. The molecule has 0 bridgehead atoms. The van der Waals surface area contributed by atoms with Crippen molar-refractivity contribution in [3.63, 3.8) is 0 Å². The lowest BCUT2D eigenvalue weighted by Crippen LogP contribution is -2.16. The van der Waals surface area contributed by atoms with Crippen molar-refractivity contribution in [1.29, 1.82) is 0 Å². The summed E-state index contributed by atoms with van der Waals surface area (Å²) < 4.78 is 5.97. The molecule has 2 aromatic rings. The molecule has 0 aromatic heterocycles. The topological polar surface area (TPSA) is 55.4 Å². The zero-order chi connectivity index (χ0) is 19.3. The molecule has 0 spiro atoms. The Morgan fingerprint density at radius 1 is 1.07 bits per heavy atom. The molecule has 1 saturated heterocycles. The Labute approximate surface area is 165 Å². The van der Waals surface area contributed by atoms with Gasteiger partial charge in [-0.15, -0.1) is 0 Å². The standard InChI is InChI=1S/C24H25NO3/c1-2-22(26)18-9-15(23(27)10-16-19-11-25-12-20(16)19)8-17-21(13-28-24(17)18)14-6-4-3-5-7-14/h3-9,16,19-21,25H,2,10-13H2,1H3/t16?,19-,20+,21?. The molecule has 28 heavy (non-hydrogen) atoms. The van der Waals surface area contributed by atoms with Gasteiger partial charge in [0.1, 0.15) is 5.75 Å². The highest BCUT2D eigenvalue weighted by molar-refractivity contribution is 6.04. The first-order chi connectivity index (χ1) is 13.7. The summed E-state index contributed by atoms with van der Waals surface area (Å²) in [5.41, 5.74) is 3.37. The van der Waals surface area contributed by atoms with Crippen molar-refractivity contribution < 1.29 is 14.3 Å². The normalized spacial score (nSPS) is 27.0. The third kappa shape index (κ3) is 2.87. The SMILES string of the molecule is CCC(=O)c1cc(C(=O)CC2[C@H]3CNC[C@@H]23)cc2c1OCC2c1ccccc1. The molecule has 4 heteroatoms. The average Bonchev–Trinajstić information content (AvgIpc) is 3.10. The smallest absolute Gasteiger partial charge is 0.166 e. The summed E-state index contributed by atoms with van der Waals surface area (Å²) in [6.45, 7) is 4.44. The van der Waals surface area contributed by atoms with Gasteiger partial charge < -0.3 is 10.1 Å². The van der Waals surface area contributed by atoms with Gasteiger partial charge in [-0.3, -0.25) is 9.59 Å². The van der Waals surface area contributed by atoms with E-state index >= 15 is 0 Å². The summed E-state index contributed by atoms with van der Waals surface area (Å²) >= 11 is 0. The van der Waals surface area contributed by atoms with Crippen LogP contribution in [0.2, 0.25) is 0 Å². The average molecular weight is 375 g/mol. The first kappa shape index (κ1) is 17.6. The second kappa shape index (κ2) is 6.85. The van der Waals surface area contributed by atoms with E-state index in [9.17, 15) is 9.59 Å². The van der Waals surface area contributed by atoms with Crippen LogP contribution in [-0.2, 0) is 0 Å². The lowest BCUT2D eigenvalue weighted by atomic mass is 9.88. The highest BCUT2D eigenvalue weighted by Gasteiger charge is 2.53. The van der Waals surface area contributed by atoms with Gasteiger partial charge in [-0.25, -0.2) is 0 Å². The summed E-state index contributed by atoms with van der Waals surface area (Å²) in [6.07, 6.45) is 0.994. The maximum Gasteiger partial charge on any atom is 0.166 e. The third-order valence-electron chi connectivity index (χ3n) is 6.72. The van der Waals surface area contributed by atoms with Crippen LogP contribution in [0.5, 0.6) is 5.75 Å². The molecule has 1 aliphatic carbocycles. The molecule has 0 amide bonds. The Bertz CT molecular complexity index is 926. The molecular weight excluding hydrogens is 350 g/mol. The number of hydrogen-bond acceptors (Lipinski definition) is 4. The lowest BCUT2D eigenvalue weighted by molar-refractivity contribution is 0.0971. The Morgan fingerprint density at radius 3 is 2.54 bits per heavy atom. The van der Waals surface area contributed by atoms with E-state index in [-0.39, 0.29) is 17.5 Å². The van der Waals surface area contributed by atoms with E-state index in [0.717, 1.165) is 24.2 Å². The first-order valence-electron chi connectivity index (χ1n) is 10.3. The maximum absolute atomic E-state index is 13.1. The molecule has 0 radical (unpaired) electrons. The van der Waals surface area contributed by atoms with E-state index in [1.807, 2.05) is 31.2 Å². The number of ketones is 2. The van der Waals surface area contributed by atoms with Gasteiger partial charge in [-0.1, -0.05) is 37.3 Å². The highest BCUT2D eigenvalue weighted by atomic mass is 16.5. The van der Waals surface area contributed by atoms with Crippen LogP contribution in [0.4, 0.5) is 0 Å². The van der Waals surface area contributed by atoms with Crippen LogP contribution in [0.1, 0.15) is 57.5 Å². The predicted octanol–water partition coefficient (Wildman–Crippen LogP) is 3.84. The molecule has 2 aliphatic heterocycles. The fourth-order valence-electron chi connectivity index (χ4n) is 5.03. The van der Waals surface area contributed by atoms with Gasteiger partial charge in [0.2, 0.25) is 0 Å². The van der Waals surface area contributed by atoms with Crippen LogP contribution < -0.4 is 10.1 Å². The fourth-order valence-corrected chi connectivity index (χ4v) is 5.03. The number of benzene rings is 2. The van der Waals surface area contributed by atoms with Gasteiger partial charge in [0, 0.05) is 29.9 Å². The number of piperidine rings is 1. The fraction of sp³-hybridized carbons (Fsp3) is 0.417. The number of Topliss-reactive ketones (excluding diaryl/α,β-unsaturated/α-hetero) is 2. The number of hydrogen-bond donors (Lipinski definition) is 1. The maximum atomic E-state index is 13.1. The van der Waals surface area contributed by atoms with Crippen molar-refractivity contribution in [2.75, 3.05) is 19.7 Å². The number of ether oxygens (including phenoxy) is 1. The molecule has 3 aliphatic rings. The summed E-state index contributed by atoms with van der Waals surface area (Å²) in [7, 11) is 0. The largest absolute Gasteiger partial charge is 0.492 e. The molecule has 4 atom stereocenters. The molecule has 2 aromatic carbocycles. The number of rotatable bonds is 6. The molecule has 2 unspecified atom stereocenters. The van der Waals surface area contributed by atoms with Gasteiger partial charge >= 0.3 is 0 Å². The number of fused-ring (bicyclic) bond motifs is 2. The van der Waals surface area contributed by atoms with Crippen molar-refractivity contribution in [2.24, 2.45) is 17.8 Å².